The van der Waals surface area contributed by atoms with Gasteiger partial charge in [0.15, 0.2) is 6.61 Å². The molecule has 0 unspecified atom stereocenters. The van der Waals surface area contributed by atoms with Crippen molar-refractivity contribution in [2.45, 2.75) is 6.92 Å². The van der Waals surface area contributed by atoms with E-state index >= 15 is 0 Å². The highest BCUT2D eigenvalue weighted by Crippen LogP contribution is 2.19. The Morgan fingerprint density at radius 1 is 1.06 bits per heavy atom. The zero-order chi connectivity index (χ0) is 24.5. The first-order valence-corrected chi connectivity index (χ1v) is 10.1. The number of hydrogen-bond acceptors (Lipinski definition) is 6. The summed E-state index contributed by atoms with van der Waals surface area (Å²) in [5, 5.41) is 25.5. The van der Waals surface area contributed by atoms with Crippen LogP contribution in [0.15, 0.2) is 78.4 Å². The maximum absolute atomic E-state index is 12.4. The molecule has 2 N–H and O–H groups in total. The number of nitro benzene ring substituents is 1. The van der Waals surface area contributed by atoms with Crippen LogP contribution in [0.25, 0.3) is 6.08 Å². The summed E-state index contributed by atoms with van der Waals surface area (Å²) in [6, 6.07) is 21.1. The summed E-state index contributed by atoms with van der Waals surface area (Å²) in [6.45, 7) is 1.71. The van der Waals surface area contributed by atoms with E-state index in [0.29, 0.717) is 17.0 Å². The average Bonchev–Trinajstić information content (AvgIpc) is 2.83. The summed E-state index contributed by atoms with van der Waals surface area (Å²) >= 11 is 0. The van der Waals surface area contributed by atoms with Gasteiger partial charge in [0.25, 0.3) is 17.5 Å². The third-order valence-corrected chi connectivity index (χ3v) is 4.66. The third kappa shape index (κ3) is 6.51. The molecular formula is C25H20N4O5. The number of anilines is 2. The summed E-state index contributed by atoms with van der Waals surface area (Å²) in [5.41, 5.74) is 2.05. The molecule has 2 amide bonds. The molecule has 0 fully saturated rings. The van der Waals surface area contributed by atoms with Crippen molar-refractivity contribution in [2.75, 3.05) is 17.2 Å². The summed E-state index contributed by atoms with van der Waals surface area (Å²) in [4.78, 5) is 34.8. The number of non-ortho nitro benzene ring substituents is 1. The molecule has 0 saturated heterocycles. The number of carbonyl (C=O) groups excluding carboxylic acids is 2. The van der Waals surface area contributed by atoms with Crippen molar-refractivity contribution in [1.29, 1.82) is 5.26 Å². The number of nitrogens with one attached hydrogen (secondary N) is 2. The van der Waals surface area contributed by atoms with Gasteiger partial charge in [-0.15, -0.1) is 0 Å². The first kappa shape index (κ1) is 23.7. The predicted octanol–water partition coefficient (Wildman–Crippen LogP) is 4.47. The van der Waals surface area contributed by atoms with Gasteiger partial charge in [0, 0.05) is 23.5 Å². The van der Waals surface area contributed by atoms with Crippen LogP contribution in [0, 0.1) is 28.4 Å². The van der Waals surface area contributed by atoms with Crippen molar-refractivity contribution >= 4 is 35.0 Å². The molecule has 0 saturated carbocycles. The Labute approximate surface area is 195 Å². The molecule has 0 heterocycles. The van der Waals surface area contributed by atoms with Gasteiger partial charge in [-0.1, -0.05) is 36.4 Å². The maximum Gasteiger partial charge on any atom is 0.271 e. The van der Waals surface area contributed by atoms with Crippen molar-refractivity contribution in [1.82, 2.24) is 0 Å². The summed E-state index contributed by atoms with van der Waals surface area (Å²) < 4.78 is 5.49. The smallest absolute Gasteiger partial charge is 0.271 e. The lowest BCUT2D eigenvalue weighted by Crippen LogP contribution is -2.20. The van der Waals surface area contributed by atoms with Crippen molar-refractivity contribution < 1.29 is 19.2 Å². The number of aryl methyl sites for hydroxylation is 1. The molecule has 170 valence electrons. The minimum atomic E-state index is -0.698. The van der Waals surface area contributed by atoms with E-state index in [9.17, 15) is 25.0 Å². The van der Waals surface area contributed by atoms with Gasteiger partial charge >= 0.3 is 0 Å². The molecule has 3 aromatic carbocycles. The normalized spacial score (nSPS) is 10.6. The van der Waals surface area contributed by atoms with Crippen LogP contribution in [-0.2, 0) is 9.59 Å². The van der Waals surface area contributed by atoms with Crippen LogP contribution in [0.4, 0.5) is 17.1 Å². The number of nitriles is 1. The van der Waals surface area contributed by atoms with E-state index in [-0.39, 0.29) is 29.5 Å². The van der Waals surface area contributed by atoms with Gasteiger partial charge in [0.1, 0.15) is 17.4 Å². The minimum Gasteiger partial charge on any atom is -0.484 e. The Hall–Kier alpha value is -4.97. The number of nitro groups is 1. The number of para-hydroxylation sites is 1. The Morgan fingerprint density at radius 3 is 2.47 bits per heavy atom. The van der Waals surface area contributed by atoms with Crippen LogP contribution in [0.3, 0.4) is 0 Å². The van der Waals surface area contributed by atoms with Gasteiger partial charge in [0.05, 0.1) is 4.92 Å². The second-order valence-corrected chi connectivity index (χ2v) is 7.15. The second kappa shape index (κ2) is 11.1. The number of nitrogens with zero attached hydrogens (tertiary/aromatic N) is 2. The lowest BCUT2D eigenvalue weighted by Gasteiger charge is -2.09. The minimum absolute atomic E-state index is 0.177. The molecule has 34 heavy (non-hydrogen) atoms. The Morgan fingerprint density at radius 2 is 1.79 bits per heavy atom. The van der Waals surface area contributed by atoms with Crippen molar-refractivity contribution in [2.24, 2.45) is 0 Å². The highest BCUT2D eigenvalue weighted by atomic mass is 16.6. The van der Waals surface area contributed by atoms with E-state index in [0.717, 1.165) is 5.56 Å². The first-order valence-electron chi connectivity index (χ1n) is 10.1. The van der Waals surface area contributed by atoms with Crippen LogP contribution in [0.1, 0.15) is 11.1 Å². The van der Waals surface area contributed by atoms with Crippen LogP contribution in [-0.4, -0.2) is 23.3 Å². The van der Waals surface area contributed by atoms with E-state index in [1.165, 1.54) is 30.3 Å². The molecule has 3 aromatic rings. The number of benzene rings is 3. The molecule has 0 aliphatic carbocycles. The molecule has 0 aromatic heterocycles. The van der Waals surface area contributed by atoms with E-state index in [4.69, 9.17) is 4.74 Å². The second-order valence-electron chi connectivity index (χ2n) is 7.15. The maximum atomic E-state index is 12.4. The standard InChI is InChI=1S/C25H20N4O5/c1-17-5-2-3-8-23(17)28-24(30)16-34-22-11-9-18(10-12-22)13-19(15-26)25(31)27-20-6-4-7-21(14-20)29(32)33/h2-14H,16H2,1H3,(H,27,31)(H,28,30)/b19-13-. The fourth-order valence-corrected chi connectivity index (χ4v) is 2.92. The summed E-state index contributed by atoms with van der Waals surface area (Å²) in [5.74, 6) is -0.560. The highest BCUT2D eigenvalue weighted by Gasteiger charge is 2.12. The topological polar surface area (TPSA) is 134 Å². The fourth-order valence-electron chi connectivity index (χ4n) is 2.92. The van der Waals surface area contributed by atoms with Gasteiger partial charge in [0.2, 0.25) is 0 Å². The zero-order valence-corrected chi connectivity index (χ0v) is 18.1. The van der Waals surface area contributed by atoms with Crippen molar-refractivity contribution in [3.63, 3.8) is 0 Å². The molecule has 0 bridgehead atoms. The van der Waals surface area contributed by atoms with Crippen LogP contribution >= 0.6 is 0 Å². The van der Waals surface area contributed by atoms with Gasteiger partial charge in [-0.25, -0.2) is 0 Å². The van der Waals surface area contributed by atoms with E-state index in [2.05, 4.69) is 10.6 Å². The van der Waals surface area contributed by atoms with E-state index in [1.807, 2.05) is 31.2 Å². The first-order chi connectivity index (χ1) is 16.4. The van der Waals surface area contributed by atoms with Gasteiger partial charge < -0.3 is 15.4 Å². The van der Waals surface area contributed by atoms with Gasteiger partial charge in [-0.05, 0) is 48.4 Å². The molecule has 0 radical (unpaired) electrons. The fraction of sp³-hybridized carbons (Fsp3) is 0.0800. The summed E-state index contributed by atoms with van der Waals surface area (Å²) in [7, 11) is 0. The average molecular weight is 456 g/mol. The van der Waals surface area contributed by atoms with Crippen LogP contribution in [0.5, 0.6) is 5.75 Å². The third-order valence-electron chi connectivity index (χ3n) is 4.66. The number of carbonyl (C=O) groups is 2. The molecule has 3 rings (SSSR count). The lowest BCUT2D eigenvalue weighted by atomic mass is 10.1. The monoisotopic (exact) mass is 456 g/mol. The van der Waals surface area contributed by atoms with Crippen molar-refractivity contribution in [3.05, 3.63) is 99.6 Å². The number of amides is 2. The zero-order valence-electron chi connectivity index (χ0n) is 18.1. The largest absolute Gasteiger partial charge is 0.484 e. The molecule has 9 heteroatoms. The Balaban J connectivity index is 1.60. The molecule has 0 spiro atoms. The van der Waals surface area contributed by atoms with Crippen molar-refractivity contribution in [3.8, 4) is 11.8 Å². The van der Waals surface area contributed by atoms with E-state index in [1.54, 1.807) is 30.3 Å². The number of hydrogen-bond donors (Lipinski definition) is 2. The molecular weight excluding hydrogens is 436 g/mol. The quantitative estimate of drug-likeness (QED) is 0.222. The molecule has 0 atom stereocenters. The van der Waals surface area contributed by atoms with Gasteiger partial charge in [-0.3, -0.25) is 19.7 Å². The molecule has 9 nitrogen and oxygen atoms in total. The van der Waals surface area contributed by atoms with Gasteiger partial charge in [-0.2, -0.15) is 5.26 Å². The molecule has 0 aliphatic rings. The number of ether oxygens (including phenoxy) is 1. The predicted molar refractivity (Wildman–Crippen MR) is 127 cm³/mol. The Bertz CT molecular complexity index is 1290. The SMILES string of the molecule is Cc1ccccc1NC(=O)COc1ccc(/C=C(/C#N)C(=O)Nc2cccc([N+](=O)[O-])c2)cc1. The molecule has 0 aliphatic heterocycles. The van der Waals surface area contributed by atoms with Crippen LogP contribution in [0.2, 0.25) is 0 Å². The highest BCUT2D eigenvalue weighted by molar-refractivity contribution is 6.09. The summed E-state index contributed by atoms with van der Waals surface area (Å²) in [6.07, 6.45) is 1.38. The van der Waals surface area contributed by atoms with Crippen LogP contribution < -0.4 is 15.4 Å². The Kier molecular flexibility index (Phi) is 7.71. The number of rotatable bonds is 8. The lowest BCUT2D eigenvalue weighted by molar-refractivity contribution is -0.384. The van der Waals surface area contributed by atoms with E-state index < -0.39 is 10.8 Å².